The fourth-order valence-electron chi connectivity index (χ4n) is 2.71. The summed E-state index contributed by atoms with van der Waals surface area (Å²) in [6.45, 7) is 6.58. The maximum Gasteiger partial charge on any atom is 0.119 e. The third-order valence-electron chi connectivity index (χ3n) is 4.01. The minimum Gasteiger partial charge on any atom is -0.491 e. The lowest BCUT2D eigenvalue weighted by molar-refractivity contribution is 0.0330. The van der Waals surface area contributed by atoms with Crippen LogP contribution in [0, 0.1) is 5.92 Å². The van der Waals surface area contributed by atoms with Crippen molar-refractivity contribution >= 4 is 5.69 Å². The number of aliphatic hydroxyl groups is 1. The van der Waals surface area contributed by atoms with Crippen molar-refractivity contribution in [3.63, 3.8) is 0 Å². The molecule has 1 aromatic rings. The first-order valence-electron chi connectivity index (χ1n) is 7.45. The molecule has 0 aromatic heterocycles. The van der Waals surface area contributed by atoms with Crippen molar-refractivity contribution in [1.29, 1.82) is 0 Å². The molecule has 0 radical (unpaired) electrons. The van der Waals surface area contributed by atoms with Gasteiger partial charge in [-0.3, -0.25) is 4.90 Å². The smallest absolute Gasteiger partial charge is 0.119 e. The lowest BCUT2D eigenvalue weighted by Gasteiger charge is -2.37. The van der Waals surface area contributed by atoms with Crippen LogP contribution in [0.15, 0.2) is 24.3 Å². The van der Waals surface area contributed by atoms with Crippen LogP contribution < -0.4 is 10.5 Å². The van der Waals surface area contributed by atoms with Crippen molar-refractivity contribution in [3.8, 4) is 5.75 Å². The Morgan fingerprint density at radius 2 is 2.00 bits per heavy atom. The van der Waals surface area contributed by atoms with E-state index >= 15 is 0 Å². The number of hydrogen-bond donors (Lipinski definition) is 2. The fourth-order valence-corrected chi connectivity index (χ4v) is 2.71. The Morgan fingerprint density at radius 3 is 2.70 bits per heavy atom. The standard InChI is InChI=1S/C16H26N2O2/c1-12-3-4-13(2)18(9-12)10-15(19)11-20-16-7-5-14(17)6-8-16/h5-8,12-13,15,19H,3-4,9-11,17H2,1-2H3. The monoisotopic (exact) mass is 278 g/mol. The Morgan fingerprint density at radius 1 is 1.30 bits per heavy atom. The first kappa shape index (κ1) is 15.1. The van der Waals surface area contributed by atoms with Crippen LogP contribution in [0.25, 0.3) is 0 Å². The number of rotatable bonds is 5. The van der Waals surface area contributed by atoms with Crippen LogP contribution in [0.1, 0.15) is 26.7 Å². The van der Waals surface area contributed by atoms with Gasteiger partial charge in [-0.1, -0.05) is 6.92 Å². The SMILES string of the molecule is CC1CCC(C)N(CC(O)COc2ccc(N)cc2)C1. The van der Waals surface area contributed by atoms with Crippen molar-refractivity contribution in [3.05, 3.63) is 24.3 Å². The largest absolute Gasteiger partial charge is 0.491 e. The molecule has 1 aliphatic rings. The summed E-state index contributed by atoms with van der Waals surface area (Å²) in [4.78, 5) is 2.37. The maximum atomic E-state index is 10.1. The Hall–Kier alpha value is -1.26. The summed E-state index contributed by atoms with van der Waals surface area (Å²) in [6, 6.07) is 7.81. The van der Waals surface area contributed by atoms with Crippen LogP contribution in [-0.2, 0) is 0 Å². The molecule has 3 atom stereocenters. The van der Waals surface area contributed by atoms with E-state index in [2.05, 4.69) is 18.7 Å². The van der Waals surface area contributed by atoms with Crippen LogP contribution in [-0.4, -0.2) is 41.8 Å². The topological polar surface area (TPSA) is 58.7 Å². The number of nitrogens with two attached hydrogens (primary N) is 1. The highest BCUT2D eigenvalue weighted by Crippen LogP contribution is 2.21. The lowest BCUT2D eigenvalue weighted by atomic mass is 9.95. The van der Waals surface area contributed by atoms with Crippen molar-refractivity contribution in [2.75, 3.05) is 25.4 Å². The molecule has 2 rings (SSSR count). The molecule has 1 aromatic carbocycles. The molecule has 1 heterocycles. The highest BCUT2D eigenvalue weighted by molar-refractivity contribution is 5.41. The second-order valence-corrected chi connectivity index (χ2v) is 6.02. The van der Waals surface area contributed by atoms with Crippen molar-refractivity contribution in [1.82, 2.24) is 4.90 Å². The fraction of sp³-hybridized carbons (Fsp3) is 0.625. The van der Waals surface area contributed by atoms with Gasteiger partial charge in [0.15, 0.2) is 0 Å². The predicted octanol–water partition coefficient (Wildman–Crippen LogP) is 2.13. The zero-order chi connectivity index (χ0) is 14.5. The summed E-state index contributed by atoms with van der Waals surface area (Å²) >= 11 is 0. The number of β-amino-alcohol motifs (C(OH)–C–C–N with tert-alkyl or cyclic N) is 1. The molecule has 0 bridgehead atoms. The summed E-state index contributed by atoms with van der Waals surface area (Å²) in [5, 5.41) is 10.1. The molecule has 4 heteroatoms. The maximum absolute atomic E-state index is 10.1. The van der Waals surface area contributed by atoms with Crippen LogP contribution in [0.5, 0.6) is 5.75 Å². The van der Waals surface area contributed by atoms with Gasteiger partial charge in [0.2, 0.25) is 0 Å². The minimum absolute atomic E-state index is 0.321. The summed E-state index contributed by atoms with van der Waals surface area (Å²) in [5.74, 6) is 1.47. The first-order chi connectivity index (χ1) is 9.54. The number of likely N-dealkylation sites (tertiary alicyclic amines) is 1. The van der Waals surface area contributed by atoms with Gasteiger partial charge < -0.3 is 15.6 Å². The van der Waals surface area contributed by atoms with E-state index in [-0.39, 0.29) is 0 Å². The first-order valence-corrected chi connectivity index (χ1v) is 7.45. The average Bonchev–Trinajstić information content (AvgIpc) is 2.42. The predicted molar refractivity (Wildman–Crippen MR) is 81.8 cm³/mol. The van der Waals surface area contributed by atoms with Gasteiger partial charge in [0.1, 0.15) is 18.5 Å². The normalized spacial score (nSPS) is 25.4. The molecular formula is C16H26N2O2. The number of aliphatic hydroxyl groups excluding tert-OH is 1. The van der Waals surface area contributed by atoms with E-state index < -0.39 is 6.10 Å². The molecule has 0 saturated carbocycles. The average molecular weight is 278 g/mol. The number of piperidine rings is 1. The lowest BCUT2D eigenvalue weighted by Crippen LogP contribution is -2.46. The number of ether oxygens (including phenoxy) is 1. The van der Waals surface area contributed by atoms with E-state index in [1.54, 1.807) is 12.1 Å². The Balaban J connectivity index is 1.77. The minimum atomic E-state index is -0.458. The van der Waals surface area contributed by atoms with Gasteiger partial charge in [-0.05, 0) is 49.9 Å². The molecule has 1 saturated heterocycles. The van der Waals surface area contributed by atoms with Gasteiger partial charge in [-0.2, -0.15) is 0 Å². The molecule has 3 unspecified atom stereocenters. The molecular weight excluding hydrogens is 252 g/mol. The van der Waals surface area contributed by atoms with Crippen LogP contribution in [0.4, 0.5) is 5.69 Å². The molecule has 112 valence electrons. The quantitative estimate of drug-likeness (QED) is 0.810. The summed E-state index contributed by atoms with van der Waals surface area (Å²) in [7, 11) is 0. The third kappa shape index (κ3) is 4.39. The van der Waals surface area contributed by atoms with E-state index in [0.717, 1.165) is 18.2 Å². The van der Waals surface area contributed by atoms with E-state index in [0.29, 0.717) is 24.9 Å². The zero-order valence-electron chi connectivity index (χ0n) is 12.5. The molecule has 0 spiro atoms. The van der Waals surface area contributed by atoms with Gasteiger partial charge in [-0.15, -0.1) is 0 Å². The van der Waals surface area contributed by atoms with Gasteiger partial charge in [0.05, 0.1) is 0 Å². The molecule has 3 N–H and O–H groups in total. The third-order valence-corrected chi connectivity index (χ3v) is 4.01. The van der Waals surface area contributed by atoms with E-state index in [4.69, 9.17) is 10.5 Å². The van der Waals surface area contributed by atoms with Crippen molar-refractivity contribution in [2.45, 2.75) is 38.8 Å². The number of nitrogens with zero attached hydrogens (tertiary/aromatic N) is 1. The second kappa shape index (κ2) is 6.95. The Kier molecular flexibility index (Phi) is 5.26. The van der Waals surface area contributed by atoms with E-state index in [9.17, 15) is 5.11 Å². The highest BCUT2D eigenvalue weighted by Gasteiger charge is 2.24. The molecule has 4 nitrogen and oxygen atoms in total. The molecule has 1 aliphatic heterocycles. The summed E-state index contributed by atoms with van der Waals surface area (Å²) < 4.78 is 5.59. The van der Waals surface area contributed by atoms with Crippen LogP contribution >= 0.6 is 0 Å². The molecule has 20 heavy (non-hydrogen) atoms. The van der Waals surface area contributed by atoms with E-state index in [1.807, 2.05) is 12.1 Å². The van der Waals surface area contributed by atoms with Crippen molar-refractivity contribution < 1.29 is 9.84 Å². The summed E-state index contributed by atoms with van der Waals surface area (Å²) in [5.41, 5.74) is 6.34. The van der Waals surface area contributed by atoms with Crippen LogP contribution in [0.3, 0.4) is 0 Å². The number of nitrogen functional groups attached to an aromatic ring is 1. The number of benzene rings is 1. The van der Waals surface area contributed by atoms with Crippen molar-refractivity contribution in [2.24, 2.45) is 5.92 Å². The molecule has 0 aliphatic carbocycles. The number of hydrogen-bond acceptors (Lipinski definition) is 4. The van der Waals surface area contributed by atoms with Gasteiger partial charge in [0, 0.05) is 24.8 Å². The molecule has 0 amide bonds. The second-order valence-electron chi connectivity index (χ2n) is 6.02. The Labute approximate surface area is 121 Å². The summed E-state index contributed by atoms with van der Waals surface area (Å²) in [6.07, 6.45) is 2.04. The van der Waals surface area contributed by atoms with Crippen LogP contribution in [0.2, 0.25) is 0 Å². The Bertz CT molecular complexity index is 407. The zero-order valence-corrected chi connectivity index (χ0v) is 12.5. The number of anilines is 1. The van der Waals surface area contributed by atoms with Gasteiger partial charge in [-0.25, -0.2) is 0 Å². The van der Waals surface area contributed by atoms with E-state index in [1.165, 1.54) is 12.8 Å². The van der Waals surface area contributed by atoms with Gasteiger partial charge >= 0.3 is 0 Å². The van der Waals surface area contributed by atoms with Gasteiger partial charge in [0.25, 0.3) is 0 Å². The molecule has 1 fully saturated rings. The highest BCUT2D eigenvalue weighted by atomic mass is 16.5.